The van der Waals surface area contributed by atoms with E-state index in [4.69, 9.17) is 0 Å². The zero-order chi connectivity index (χ0) is 14.6. The van der Waals surface area contributed by atoms with Crippen LogP contribution in [0.15, 0.2) is 30.3 Å². The van der Waals surface area contributed by atoms with Crippen molar-refractivity contribution >= 4 is 5.91 Å². The van der Waals surface area contributed by atoms with Gasteiger partial charge in [-0.3, -0.25) is 4.79 Å². The van der Waals surface area contributed by atoms with Crippen molar-refractivity contribution in [3.63, 3.8) is 0 Å². The first-order valence-corrected chi connectivity index (χ1v) is 7.36. The number of benzene rings is 1. The third-order valence-electron chi connectivity index (χ3n) is 3.22. The highest BCUT2D eigenvalue weighted by molar-refractivity contribution is 5.75. The van der Waals surface area contributed by atoms with E-state index in [1.807, 2.05) is 6.07 Å². The first-order chi connectivity index (χ1) is 9.72. The molecule has 0 spiro atoms. The molecule has 0 aliphatic rings. The minimum Gasteiger partial charge on any atom is -0.359 e. The number of rotatable bonds is 10. The highest BCUT2D eigenvalue weighted by Crippen LogP contribution is 2.02. The number of hydrogen-bond donors (Lipinski definition) is 2. The maximum Gasteiger partial charge on any atom is 0.219 e. The van der Waals surface area contributed by atoms with Crippen molar-refractivity contribution < 1.29 is 4.79 Å². The van der Waals surface area contributed by atoms with E-state index in [9.17, 15) is 4.79 Å². The van der Waals surface area contributed by atoms with Gasteiger partial charge in [0.1, 0.15) is 0 Å². The Kier molecular flexibility index (Phi) is 8.67. The van der Waals surface area contributed by atoms with Gasteiger partial charge in [0, 0.05) is 20.0 Å². The lowest BCUT2D eigenvalue weighted by Gasteiger charge is -2.16. The van der Waals surface area contributed by atoms with Gasteiger partial charge in [-0.1, -0.05) is 30.3 Å². The zero-order valence-corrected chi connectivity index (χ0v) is 12.7. The molecule has 0 radical (unpaired) electrons. The lowest BCUT2D eigenvalue weighted by atomic mass is 10.2. The van der Waals surface area contributed by atoms with Crippen molar-refractivity contribution in [1.82, 2.24) is 15.5 Å². The second kappa shape index (κ2) is 10.4. The van der Waals surface area contributed by atoms with Gasteiger partial charge in [-0.25, -0.2) is 0 Å². The Morgan fingerprint density at radius 3 is 2.55 bits per heavy atom. The first kappa shape index (κ1) is 16.7. The van der Waals surface area contributed by atoms with E-state index >= 15 is 0 Å². The summed E-state index contributed by atoms with van der Waals surface area (Å²) in [6.45, 7) is 4.00. The predicted molar refractivity (Wildman–Crippen MR) is 83.6 cm³/mol. The summed E-state index contributed by atoms with van der Waals surface area (Å²) in [5.74, 6) is 0.120. The Morgan fingerprint density at radius 1 is 1.15 bits per heavy atom. The Bertz CT molecular complexity index is 367. The summed E-state index contributed by atoms with van der Waals surface area (Å²) in [6.07, 6.45) is 2.64. The van der Waals surface area contributed by atoms with Crippen molar-refractivity contribution in [2.75, 3.05) is 33.7 Å². The molecule has 0 aromatic heterocycles. The fourth-order valence-electron chi connectivity index (χ4n) is 2.07. The van der Waals surface area contributed by atoms with Gasteiger partial charge in [0.05, 0.1) is 0 Å². The SMILES string of the molecule is CNC(=O)CCCNCCCN(C)Cc1ccccc1. The summed E-state index contributed by atoms with van der Waals surface area (Å²) in [5.41, 5.74) is 1.36. The van der Waals surface area contributed by atoms with Gasteiger partial charge in [-0.15, -0.1) is 0 Å². The third kappa shape index (κ3) is 7.92. The van der Waals surface area contributed by atoms with Crippen LogP contribution >= 0.6 is 0 Å². The molecule has 0 saturated carbocycles. The average Bonchev–Trinajstić information content (AvgIpc) is 2.47. The first-order valence-electron chi connectivity index (χ1n) is 7.36. The quantitative estimate of drug-likeness (QED) is 0.639. The van der Waals surface area contributed by atoms with Crippen LogP contribution in [0.4, 0.5) is 0 Å². The molecule has 1 aromatic carbocycles. The van der Waals surface area contributed by atoms with Crippen LogP contribution in [-0.4, -0.2) is 44.5 Å². The van der Waals surface area contributed by atoms with Crippen molar-refractivity contribution in [2.24, 2.45) is 0 Å². The van der Waals surface area contributed by atoms with Gasteiger partial charge in [-0.05, 0) is 45.1 Å². The Labute approximate surface area is 122 Å². The molecular formula is C16H27N3O. The van der Waals surface area contributed by atoms with E-state index in [1.54, 1.807) is 7.05 Å². The van der Waals surface area contributed by atoms with Crippen LogP contribution in [0.1, 0.15) is 24.8 Å². The fourth-order valence-corrected chi connectivity index (χ4v) is 2.07. The van der Waals surface area contributed by atoms with Crippen molar-refractivity contribution in [3.8, 4) is 0 Å². The van der Waals surface area contributed by atoms with E-state index in [0.29, 0.717) is 6.42 Å². The highest BCUT2D eigenvalue weighted by atomic mass is 16.1. The summed E-state index contributed by atoms with van der Waals surface area (Å²) >= 11 is 0. The summed E-state index contributed by atoms with van der Waals surface area (Å²) < 4.78 is 0. The largest absolute Gasteiger partial charge is 0.359 e. The van der Waals surface area contributed by atoms with Gasteiger partial charge < -0.3 is 15.5 Å². The molecule has 20 heavy (non-hydrogen) atoms. The zero-order valence-electron chi connectivity index (χ0n) is 12.7. The van der Waals surface area contributed by atoms with Crippen LogP contribution in [0.3, 0.4) is 0 Å². The second-order valence-electron chi connectivity index (χ2n) is 5.10. The molecule has 0 aliphatic heterocycles. The summed E-state index contributed by atoms with van der Waals surface area (Å²) in [5, 5.41) is 6.01. The van der Waals surface area contributed by atoms with Gasteiger partial charge in [0.25, 0.3) is 0 Å². The van der Waals surface area contributed by atoms with Crippen LogP contribution in [-0.2, 0) is 11.3 Å². The van der Waals surface area contributed by atoms with Crippen molar-refractivity contribution in [1.29, 1.82) is 0 Å². The standard InChI is InChI=1S/C16H27N3O/c1-17-16(20)10-6-11-18-12-7-13-19(2)14-15-8-4-3-5-9-15/h3-5,8-9,18H,6-7,10-14H2,1-2H3,(H,17,20). The number of carbonyl (C=O) groups is 1. The molecule has 0 unspecified atom stereocenters. The maximum absolute atomic E-state index is 11.0. The minimum absolute atomic E-state index is 0.120. The van der Waals surface area contributed by atoms with Gasteiger partial charge in [0.2, 0.25) is 5.91 Å². The minimum atomic E-state index is 0.120. The van der Waals surface area contributed by atoms with Crippen molar-refractivity contribution in [3.05, 3.63) is 35.9 Å². The van der Waals surface area contributed by atoms with E-state index in [2.05, 4.69) is 46.8 Å². The van der Waals surface area contributed by atoms with Crippen LogP contribution < -0.4 is 10.6 Å². The molecule has 0 heterocycles. The molecule has 4 nitrogen and oxygen atoms in total. The molecule has 0 saturated heterocycles. The third-order valence-corrected chi connectivity index (χ3v) is 3.22. The number of carbonyl (C=O) groups excluding carboxylic acids is 1. The summed E-state index contributed by atoms with van der Waals surface area (Å²) in [7, 11) is 3.83. The second-order valence-corrected chi connectivity index (χ2v) is 5.10. The molecule has 0 fully saturated rings. The molecule has 1 aromatic rings. The van der Waals surface area contributed by atoms with Gasteiger partial charge >= 0.3 is 0 Å². The molecule has 2 N–H and O–H groups in total. The smallest absolute Gasteiger partial charge is 0.219 e. The molecular weight excluding hydrogens is 250 g/mol. The van der Waals surface area contributed by atoms with E-state index < -0.39 is 0 Å². The molecule has 0 bridgehead atoms. The Balaban J connectivity index is 1.97. The number of nitrogens with one attached hydrogen (secondary N) is 2. The lowest BCUT2D eigenvalue weighted by molar-refractivity contribution is -0.120. The normalized spacial score (nSPS) is 10.8. The van der Waals surface area contributed by atoms with E-state index in [1.165, 1.54) is 5.56 Å². The van der Waals surface area contributed by atoms with Crippen molar-refractivity contribution in [2.45, 2.75) is 25.8 Å². The molecule has 0 atom stereocenters. The van der Waals surface area contributed by atoms with E-state index in [0.717, 1.165) is 39.0 Å². The average molecular weight is 277 g/mol. The van der Waals surface area contributed by atoms with Crippen LogP contribution in [0, 0.1) is 0 Å². The number of nitrogens with zero attached hydrogens (tertiary/aromatic N) is 1. The summed E-state index contributed by atoms with van der Waals surface area (Å²) in [6, 6.07) is 10.5. The highest BCUT2D eigenvalue weighted by Gasteiger charge is 2.00. The molecule has 112 valence electrons. The Hall–Kier alpha value is -1.39. The monoisotopic (exact) mass is 277 g/mol. The number of hydrogen-bond acceptors (Lipinski definition) is 3. The maximum atomic E-state index is 11.0. The molecule has 0 aliphatic carbocycles. The molecule has 1 amide bonds. The molecule has 4 heteroatoms. The van der Waals surface area contributed by atoms with Crippen LogP contribution in [0.25, 0.3) is 0 Å². The fraction of sp³-hybridized carbons (Fsp3) is 0.562. The molecule has 1 rings (SSSR count). The summed E-state index contributed by atoms with van der Waals surface area (Å²) in [4.78, 5) is 13.4. The van der Waals surface area contributed by atoms with Crippen LogP contribution in [0.5, 0.6) is 0 Å². The lowest BCUT2D eigenvalue weighted by Crippen LogP contribution is -2.25. The number of amides is 1. The Morgan fingerprint density at radius 2 is 1.85 bits per heavy atom. The van der Waals surface area contributed by atoms with Gasteiger partial charge in [-0.2, -0.15) is 0 Å². The van der Waals surface area contributed by atoms with Crippen LogP contribution in [0.2, 0.25) is 0 Å². The van der Waals surface area contributed by atoms with E-state index in [-0.39, 0.29) is 5.91 Å². The topological polar surface area (TPSA) is 44.4 Å². The predicted octanol–water partition coefficient (Wildman–Crippen LogP) is 1.62. The van der Waals surface area contributed by atoms with Gasteiger partial charge in [0.15, 0.2) is 0 Å².